The molecule has 0 N–H and O–H groups in total. The van der Waals surface area contributed by atoms with Crippen molar-refractivity contribution in [1.82, 2.24) is 0 Å². The summed E-state index contributed by atoms with van der Waals surface area (Å²) in [4.78, 5) is 25.1. The van der Waals surface area contributed by atoms with Gasteiger partial charge in [-0.25, -0.2) is 0 Å². The Morgan fingerprint density at radius 3 is 2.25 bits per heavy atom. The lowest BCUT2D eigenvalue weighted by molar-refractivity contribution is 0.0981. The van der Waals surface area contributed by atoms with Gasteiger partial charge in [-0.1, -0.05) is 12.1 Å². The van der Waals surface area contributed by atoms with E-state index in [1.54, 1.807) is 6.07 Å². The SMILES string of the molecule is CCN(C)c1cccc(C(C)=O)c1C(C)=O. The Balaban J connectivity index is 3.44. The van der Waals surface area contributed by atoms with E-state index in [1.165, 1.54) is 13.8 Å². The average molecular weight is 219 g/mol. The monoisotopic (exact) mass is 219 g/mol. The predicted octanol–water partition coefficient (Wildman–Crippen LogP) is 2.55. The summed E-state index contributed by atoms with van der Waals surface area (Å²) in [6, 6.07) is 5.38. The lowest BCUT2D eigenvalue weighted by atomic mass is 9.99. The van der Waals surface area contributed by atoms with E-state index in [2.05, 4.69) is 0 Å². The average Bonchev–Trinajstić information content (AvgIpc) is 2.26. The van der Waals surface area contributed by atoms with Crippen molar-refractivity contribution < 1.29 is 9.59 Å². The third kappa shape index (κ3) is 2.30. The van der Waals surface area contributed by atoms with Crippen LogP contribution in [-0.4, -0.2) is 25.2 Å². The summed E-state index contributed by atoms with van der Waals surface area (Å²) in [5.74, 6) is -0.141. The molecular formula is C13H17NO2. The van der Waals surface area contributed by atoms with E-state index in [-0.39, 0.29) is 11.6 Å². The van der Waals surface area contributed by atoms with Crippen molar-refractivity contribution in [3.8, 4) is 0 Å². The first-order valence-electron chi connectivity index (χ1n) is 5.35. The van der Waals surface area contributed by atoms with E-state index >= 15 is 0 Å². The van der Waals surface area contributed by atoms with Gasteiger partial charge in [-0.05, 0) is 26.8 Å². The second-order valence-corrected chi connectivity index (χ2v) is 3.83. The zero-order valence-electron chi connectivity index (χ0n) is 10.2. The Labute approximate surface area is 96.1 Å². The normalized spacial score (nSPS) is 10.0. The molecule has 0 aliphatic carbocycles. The lowest BCUT2D eigenvalue weighted by Crippen LogP contribution is -2.20. The first kappa shape index (κ1) is 12.4. The minimum Gasteiger partial charge on any atom is -0.374 e. The van der Waals surface area contributed by atoms with Gasteiger partial charge in [0.1, 0.15) is 0 Å². The Kier molecular flexibility index (Phi) is 3.82. The van der Waals surface area contributed by atoms with Crippen molar-refractivity contribution >= 4 is 17.3 Å². The van der Waals surface area contributed by atoms with Crippen LogP contribution in [0.25, 0.3) is 0 Å². The molecule has 0 aliphatic heterocycles. The largest absolute Gasteiger partial charge is 0.374 e. The molecule has 0 spiro atoms. The van der Waals surface area contributed by atoms with Gasteiger partial charge in [0.15, 0.2) is 11.6 Å². The molecule has 0 unspecified atom stereocenters. The van der Waals surface area contributed by atoms with Gasteiger partial charge in [-0.15, -0.1) is 0 Å². The van der Waals surface area contributed by atoms with E-state index < -0.39 is 0 Å². The highest BCUT2D eigenvalue weighted by Crippen LogP contribution is 2.24. The molecule has 1 aromatic carbocycles. The van der Waals surface area contributed by atoms with Crippen LogP contribution in [0.4, 0.5) is 5.69 Å². The summed E-state index contributed by atoms with van der Waals surface area (Å²) in [5, 5.41) is 0. The Hall–Kier alpha value is -1.64. The van der Waals surface area contributed by atoms with Crippen LogP contribution in [0.3, 0.4) is 0 Å². The van der Waals surface area contributed by atoms with Crippen LogP contribution in [0.1, 0.15) is 41.5 Å². The molecule has 0 atom stereocenters. The van der Waals surface area contributed by atoms with Crippen LogP contribution in [0.15, 0.2) is 18.2 Å². The fraction of sp³-hybridized carbons (Fsp3) is 0.385. The minimum atomic E-state index is -0.0726. The third-order valence-electron chi connectivity index (χ3n) is 2.66. The maximum atomic E-state index is 11.6. The minimum absolute atomic E-state index is 0.0684. The molecule has 0 aromatic heterocycles. The Bertz CT molecular complexity index is 424. The van der Waals surface area contributed by atoms with Crippen LogP contribution < -0.4 is 4.90 Å². The van der Waals surface area contributed by atoms with Crippen LogP contribution in [0.5, 0.6) is 0 Å². The molecule has 0 saturated carbocycles. The lowest BCUT2D eigenvalue weighted by Gasteiger charge is -2.21. The van der Waals surface area contributed by atoms with Crippen LogP contribution in [0, 0.1) is 0 Å². The van der Waals surface area contributed by atoms with Crippen molar-refractivity contribution in [3.63, 3.8) is 0 Å². The number of carbonyl (C=O) groups excluding carboxylic acids is 2. The van der Waals surface area contributed by atoms with E-state index in [1.807, 2.05) is 31.0 Å². The molecule has 0 saturated heterocycles. The highest BCUT2D eigenvalue weighted by molar-refractivity contribution is 6.10. The number of Topliss-reactive ketones (excluding diaryl/α,β-unsaturated/α-hetero) is 2. The first-order valence-corrected chi connectivity index (χ1v) is 5.35. The summed E-state index contributed by atoms with van der Waals surface area (Å²) >= 11 is 0. The Morgan fingerprint density at radius 1 is 1.19 bits per heavy atom. The zero-order valence-corrected chi connectivity index (χ0v) is 10.2. The maximum absolute atomic E-state index is 11.6. The van der Waals surface area contributed by atoms with Crippen LogP contribution >= 0.6 is 0 Å². The maximum Gasteiger partial charge on any atom is 0.162 e. The van der Waals surface area contributed by atoms with E-state index in [4.69, 9.17) is 0 Å². The van der Waals surface area contributed by atoms with E-state index in [9.17, 15) is 9.59 Å². The van der Waals surface area contributed by atoms with Gasteiger partial charge in [-0.3, -0.25) is 9.59 Å². The molecule has 86 valence electrons. The number of hydrogen-bond donors (Lipinski definition) is 0. The zero-order chi connectivity index (χ0) is 12.3. The van der Waals surface area contributed by atoms with Crippen molar-refractivity contribution in [2.24, 2.45) is 0 Å². The van der Waals surface area contributed by atoms with Crippen molar-refractivity contribution in [3.05, 3.63) is 29.3 Å². The van der Waals surface area contributed by atoms with Crippen molar-refractivity contribution in [2.75, 3.05) is 18.5 Å². The predicted molar refractivity (Wildman–Crippen MR) is 65.4 cm³/mol. The summed E-state index contributed by atoms with van der Waals surface area (Å²) < 4.78 is 0. The standard InChI is InChI=1S/C13H17NO2/c1-5-14(4)12-8-6-7-11(9(2)15)13(12)10(3)16/h6-8H,5H2,1-4H3. The third-order valence-corrected chi connectivity index (χ3v) is 2.66. The molecule has 0 aliphatic rings. The number of carbonyl (C=O) groups is 2. The summed E-state index contributed by atoms with van der Waals surface area (Å²) in [7, 11) is 1.91. The van der Waals surface area contributed by atoms with Crippen molar-refractivity contribution in [2.45, 2.75) is 20.8 Å². The van der Waals surface area contributed by atoms with Gasteiger partial charge in [0.05, 0.1) is 5.56 Å². The molecule has 3 heteroatoms. The molecular weight excluding hydrogens is 202 g/mol. The molecule has 0 radical (unpaired) electrons. The molecule has 0 fully saturated rings. The van der Waals surface area contributed by atoms with Gasteiger partial charge in [0.25, 0.3) is 0 Å². The van der Waals surface area contributed by atoms with Gasteiger partial charge in [0, 0.05) is 24.8 Å². The first-order chi connectivity index (χ1) is 7.49. The summed E-state index contributed by atoms with van der Waals surface area (Å²) in [6.45, 7) is 5.78. The fourth-order valence-electron chi connectivity index (χ4n) is 1.69. The summed E-state index contributed by atoms with van der Waals surface area (Å²) in [6.07, 6.45) is 0. The second kappa shape index (κ2) is 4.92. The fourth-order valence-corrected chi connectivity index (χ4v) is 1.69. The highest BCUT2D eigenvalue weighted by atomic mass is 16.1. The smallest absolute Gasteiger partial charge is 0.162 e. The number of benzene rings is 1. The molecule has 0 heterocycles. The number of nitrogens with zero attached hydrogens (tertiary/aromatic N) is 1. The number of hydrogen-bond acceptors (Lipinski definition) is 3. The second-order valence-electron chi connectivity index (χ2n) is 3.83. The Morgan fingerprint density at radius 2 is 1.81 bits per heavy atom. The van der Waals surface area contributed by atoms with Crippen LogP contribution in [0.2, 0.25) is 0 Å². The van der Waals surface area contributed by atoms with Gasteiger partial charge in [0.2, 0.25) is 0 Å². The topological polar surface area (TPSA) is 37.4 Å². The molecule has 1 rings (SSSR count). The number of anilines is 1. The summed E-state index contributed by atoms with van der Waals surface area (Å²) in [5.41, 5.74) is 1.85. The van der Waals surface area contributed by atoms with E-state index in [0.717, 1.165) is 12.2 Å². The molecule has 0 amide bonds. The van der Waals surface area contributed by atoms with Gasteiger partial charge < -0.3 is 4.90 Å². The number of ketones is 2. The number of rotatable bonds is 4. The van der Waals surface area contributed by atoms with Crippen LogP contribution in [-0.2, 0) is 0 Å². The highest BCUT2D eigenvalue weighted by Gasteiger charge is 2.17. The molecule has 16 heavy (non-hydrogen) atoms. The molecule has 1 aromatic rings. The van der Waals surface area contributed by atoms with Gasteiger partial charge >= 0.3 is 0 Å². The molecule has 3 nitrogen and oxygen atoms in total. The van der Waals surface area contributed by atoms with E-state index in [0.29, 0.717) is 11.1 Å². The quantitative estimate of drug-likeness (QED) is 0.730. The molecule has 0 bridgehead atoms. The van der Waals surface area contributed by atoms with Gasteiger partial charge in [-0.2, -0.15) is 0 Å². The van der Waals surface area contributed by atoms with Crippen molar-refractivity contribution in [1.29, 1.82) is 0 Å².